The Morgan fingerprint density at radius 3 is 2.69 bits per heavy atom. The van der Waals surface area contributed by atoms with Crippen molar-refractivity contribution < 1.29 is 9.52 Å². The lowest BCUT2D eigenvalue weighted by Gasteiger charge is -2.07. The zero-order chi connectivity index (χ0) is 17.9. The van der Waals surface area contributed by atoms with Crippen LogP contribution in [0.5, 0.6) is 0 Å². The van der Waals surface area contributed by atoms with Gasteiger partial charge in [0.15, 0.2) is 17.2 Å². The zero-order valence-electron chi connectivity index (χ0n) is 13.8. The van der Waals surface area contributed by atoms with Crippen LogP contribution in [0.15, 0.2) is 83.6 Å². The van der Waals surface area contributed by atoms with E-state index in [-0.39, 0.29) is 5.91 Å². The zero-order valence-corrected chi connectivity index (χ0v) is 14.6. The van der Waals surface area contributed by atoms with Crippen LogP contribution in [0.2, 0.25) is 0 Å². The molecular formula is C20H15N3O2S. The van der Waals surface area contributed by atoms with Crippen molar-refractivity contribution in [3.63, 3.8) is 0 Å². The predicted octanol–water partition coefficient (Wildman–Crippen LogP) is 3.13. The monoisotopic (exact) mass is 361 g/mol. The molecule has 2 aromatic carbocycles. The Bertz CT molecular complexity index is 1140. The number of amides is 1. The van der Waals surface area contributed by atoms with Crippen molar-refractivity contribution >= 4 is 28.0 Å². The molecule has 2 heterocycles. The van der Waals surface area contributed by atoms with Crippen LogP contribution in [0.3, 0.4) is 0 Å². The average Bonchev–Trinajstić information content (AvgIpc) is 3.09. The number of rotatable bonds is 3. The maximum Gasteiger partial charge on any atom is 0.280 e. The molecule has 0 aliphatic rings. The lowest BCUT2D eigenvalue weighted by molar-refractivity contribution is -0.605. The molecule has 0 bridgehead atoms. The summed E-state index contributed by atoms with van der Waals surface area (Å²) in [7, 11) is 0. The molecule has 4 aromatic rings. The number of fused-ring (bicyclic) bond motifs is 1. The van der Waals surface area contributed by atoms with Crippen molar-refractivity contribution in [3.05, 3.63) is 99.7 Å². The maximum absolute atomic E-state index is 12.4. The number of aromatic nitrogens is 2. The summed E-state index contributed by atoms with van der Waals surface area (Å²) >= 11 is 1.41. The van der Waals surface area contributed by atoms with Crippen LogP contribution in [-0.2, 0) is 6.54 Å². The molecule has 2 aromatic heterocycles. The van der Waals surface area contributed by atoms with Crippen LogP contribution in [0.1, 0.15) is 15.9 Å². The molecule has 128 valence electrons. The van der Waals surface area contributed by atoms with E-state index in [0.29, 0.717) is 21.6 Å². The summed E-state index contributed by atoms with van der Waals surface area (Å²) in [6, 6.07) is 17.4. The van der Waals surface area contributed by atoms with Gasteiger partial charge in [-0.2, -0.15) is 9.72 Å². The first-order valence-corrected chi connectivity index (χ1v) is 8.97. The molecule has 0 aliphatic carbocycles. The molecule has 0 spiro atoms. The summed E-state index contributed by atoms with van der Waals surface area (Å²) in [6.07, 6.45) is 4.51. The van der Waals surface area contributed by atoms with Gasteiger partial charge in [0.1, 0.15) is 0 Å². The summed E-state index contributed by atoms with van der Waals surface area (Å²) in [5, 5.41) is 15.4. The largest absolute Gasteiger partial charge is 0.619 e. The molecule has 0 aliphatic heterocycles. The molecule has 1 amide bonds. The van der Waals surface area contributed by atoms with Gasteiger partial charge in [-0.25, -0.2) is 0 Å². The highest BCUT2D eigenvalue weighted by molar-refractivity contribution is 7.07. The fourth-order valence-electron chi connectivity index (χ4n) is 2.83. The number of carbonyl (C=O) groups excluding carboxylic acids is 1. The number of benzene rings is 2. The number of hydrogen-bond donors (Lipinski definition) is 0. The molecule has 0 N–H and O–H groups in total. The highest BCUT2D eigenvalue weighted by Gasteiger charge is 2.07. The first kappa shape index (κ1) is 16.2. The molecule has 6 heteroatoms. The van der Waals surface area contributed by atoms with Gasteiger partial charge in [-0.05, 0) is 16.3 Å². The van der Waals surface area contributed by atoms with Gasteiger partial charge in [-0.15, -0.1) is 11.3 Å². The van der Waals surface area contributed by atoms with E-state index in [1.165, 1.54) is 52.2 Å². The molecule has 0 saturated carbocycles. The van der Waals surface area contributed by atoms with Crippen molar-refractivity contribution in [2.24, 2.45) is 4.99 Å². The third-order valence-corrected chi connectivity index (χ3v) is 4.92. The van der Waals surface area contributed by atoms with Gasteiger partial charge in [0.25, 0.3) is 5.91 Å². The van der Waals surface area contributed by atoms with Gasteiger partial charge in [0.2, 0.25) is 0 Å². The van der Waals surface area contributed by atoms with E-state index in [9.17, 15) is 10.0 Å². The number of carbonyl (C=O) groups is 1. The van der Waals surface area contributed by atoms with E-state index in [1.54, 1.807) is 0 Å². The van der Waals surface area contributed by atoms with Crippen LogP contribution >= 0.6 is 11.3 Å². The third kappa shape index (κ3) is 3.27. The van der Waals surface area contributed by atoms with E-state index in [0.717, 1.165) is 0 Å². The highest BCUT2D eigenvalue weighted by Crippen LogP contribution is 2.19. The molecule has 0 radical (unpaired) electrons. The van der Waals surface area contributed by atoms with Crippen molar-refractivity contribution in [1.82, 2.24) is 4.57 Å². The second kappa shape index (κ2) is 6.93. The molecule has 0 fully saturated rings. The molecule has 0 saturated heterocycles. The minimum Gasteiger partial charge on any atom is -0.619 e. The number of thiazole rings is 1. The Morgan fingerprint density at radius 1 is 1.08 bits per heavy atom. The molecule has 5 nitrogen and oxygen atoms in total. The topological polar surface area (TPSA) is 61.3 Å². The average molecular weight is 361 g/mol. The normalized spacial score (nSPS) is 11.8. The fraction of sp³-hybridized carbons (Fsp3) is 0.0500. The SMILES string of the molecule is O=C(N=c1sccn1Cc1cccc2ccccc12)c1cc[n+]([O-])cc1. The summed E-state index contributed by atoms with van der Waals surface area (Å²) in [6.45, 7) is 0.631. The highest BCUT2D eigenvalue weighted by atomic mass is 32.1. The molecule has 0 unspecified atom stereocenters. The maximum atomic E-state index is 12.4. The van der Waals surface area contributed by atoms with Crippen molar-refractivity contribution in [2.45, 2.75) is 6.54 Å². The summed E-state index contributed by atoms with van der Waals surface area (Å²) in [5.74, 6) is -0.361. The standard InChI is InChI=1S/C20H15N3O2S/c24-19(16-8-10-23(25)11-9-16)21-20-22(12-13-26-20)14-17-6-3-5-15-4-1-2-7-18(15)17/h1-13H,14H2. The fourth-order valence-corrected chi connectivity index (χ4v) is 3.55. The Morgan fingerprint density at radius 2 is 1.85 bits per heavy atom. The molecule has 0 atom stereocenters. The molecular weight excluding hydrogens is 346 g/mol. The first-order chi connectivity index (χ1) is 12.7. The van der Waals surface area contributed by atoms with E-state index in [4.69, 9.17) is 0 Å². The van der Waals surface area contributed by atoms with Crippen molar-refractivity contribution in [3.8, 4) is 0 Å². The molecule has 26 heavy (non-hydrogen) atoms. The minimum absolute atomic E-state index is 0.361. The Balaban J connectivity index is 1.68. The van der Waals surface area contributed by atoms with Gasteiger partial charge in [-0.1, -0.05) is 42.5 Å². The Kier molecular flexibility index (Phi) is 4.33. The van der Waals surface area contributed by atoms with Crippen LogP contribution in [0.4, 0.5) is 0 Å². The van der Waals surface area contributed by atoms with E-state index in [2.05, 4.69) is 29.3 Å². The Hall–Kier alpha value is -3.25. The van der Waals surface area contributed by atoms with Crippen LogP contribution in [-0.4, -0.2) is 10.5 Å². The second-order valence-corrected chi connectivity index (χ2v) is 6.69. The van der Waals surface area contributed by atoms with Gasteiger partial charge in [0.05, 0.1) is 12.1 Å². The van der Waals surface area contributed by atoms with E-state index < -0.39 is 0 Å². The van der Waals surface area contributed by atoms with Crippen molar-refractivity contribution in [2.75, 3.05) is 0 Å². The minimum atomic E-state index is -0.361. The van der Waals surface area contributed by atoms with Gasteiger partial charge < -0.3 is 9.77 Å². The number of nitrogens with zero attached hydrogens (tertiary/aromatic N) is 3. The quantitative estimate of drug-likeness (QED) is 0.416. The Labute approximate surface area is 153 Å². The first-order valence-electron chi connectivity index (χ1n) is 8.09. The lowest BCUT2D eigenvalue weighted by atomic mass is 10.0. The van der Waals surface area contributed by atoms with Gasteiger partial charge >= 0.3 is 0 Å². The summed E-state index contributed by atoms with van der Waals surface area (Å²) in [5.41, 5.74) is 1.56. The van der Waals surface area contributed by atoms with Crippen LogP contribution in [0.25, 0.3) is 10.8 Å². The third-order valence-electron chi connectivity index (χ3n) is 4.13. The van der Waals surface area contributed by atoms with Crippen LogP contribution < -0.4 is 9.53 Å². The van der Waals surface area contributed by atoms with Gasteiger partial charge in [0, 0.05) is 23.7 Å². The number of hydrogen-bond acceptors (Lipinski definition) is 3. The summed E-state index contributed by atoms with van der Waals surface area (Å²) in [4.78, 5) is 17.2. The van der Waals surface area contributed by atoms with Crippen molar-refractivity contribution in [1.29, 1.82) is 0 Å². The van der Waals surface area contributed by atoms with Crippen LogP contribution in [0, 0.1) is 5.21 Å². The molecule has 4 rings (SSSR count). The van der Waals surface area contributed by atoms with E-state index >= 15 is 0 Å². The second-order valence-electron chi connectivity index (χ2n) is 5.82. The number of pyridine rings is 1. The predicted molar refractivity (Wildman–Crippen MR) is 101 cm³/mol. The van der Waals surface area contributed by atoms with Gasteiger partial charge in [-0.3, -0.25) is 4.79 Å². The lowest BCUT2D eigenvalue weighted by Crippen LogP contribution is -2.24. The van der Waals surface area contributed by atoms with E-state index in [1.807, 2.05) is 34.3 Å². The summed E-state index contributed by atoms with van der Waals surface area (Å²) < 4.78 is 2.60. The smallest absolute Gasteiger partial charge is 0.280 e.